The molecule has 0 atom stereocenters. The van der Waals surface area contributed by atoms with Gasteiger partial charge in [0.1, 0.15) is 0 Å². The van der Waals surface area contributed by atoms with Crippen LogP contribution in [0.4, 0.5) is 0 Å². The van der Waals surface area contributed by atoms with Crippen molar-refractivity contribution >= 4 is 0 Å². The van der Waals surface area contributed by atoms with Crippen molar-refractivity contribution in [2.45, 2.75) is 26.2 Å². The smallest absolute Gasteiger partial charge is 0.153 e. The van der Waals surface area contributed by atoms with Gasteiger partial charge in [0.25, 0.3) is 0 Å². The van der Waals surface area contributed by atoms with Crippen LogP contribution in [0.1, 0.15) is 26.3 Å². The Hall–Kier alpha value is -1.64. The molecule has 0 aliphatic heterocycles. The summed E-state index contributed by atoms with van der Waals surface area (Å²) in [6.45, 7) is 6.57. The second-order valence-electron chi connectivity index (χ2n) is 4.60. The van der Waals surface area contributed by atoms with Gasteiger partial charge >= 0.3 is 0 Å². The van der Waals surface area contributed by atoms with Gasteiger partial charge in [-0.1, -0.05) is 20.8 Å². The summed E-state index contributed by atoms with van der Waals surface area (Å²) < 4.78 is 1.77. The summed E-state index contributed by atoms with van der Waals surface area (Å²) in [5.74, 6) is 0.868. The fourth-order valence-electron chi connectivity index (χ4n) is 1.41. The van der Waals surface area contributed by atoms with Crippen LogP contribution in [0.3, 0.4) is 0 Å². The largest absolute Gasteiger partial charge is 0.237 e. The van der Waals surface area contributed by atoms with E-state index in [1.807, 2.05) is 24.5 Å². The summed E-state index contributed by atoms with van der Waals surface area (Å²) in [5, 5.41) is 4.16. The summed E-state index contributed by atoms with van der Waals surface area (Å²) in [5.41, 5.74) is 1.41. The molecule has 0 bridgehead atoms. The lowest BCUT2D eigenvalue weighted by Crippen LogP contribution is -2.12. The van der Waals surface area contributed by atoms with Gasteiger partial charge in [0.15, 0.2) is 5.82 Å². The van der Waals surface area contributed by atoms with E-state index in [0.29, 0.717) is 0 Å². The molecule has 3 nitrogen and oxygen atoms in total. The van der Waals surface area contributed by atoms with E-state index in [-0.39, 0.29) is 5.41 Å². The van der Waals surface area contributed by atoms with E-state index < -0.39 is 0 Å². The minimum absolute atomic E-state index is 0.144. The van der Waals surface area contributed by atoms with Gasteiger partial charge in [-0.15, -0.1) is 0 Å². The van der Waals surface area contributed by atoms with Gasteiger partial charge in [-0.05, 0) is 29.2 Å². The Bertz CT molecular complexity index is 438. The van der Waals surface area contributed by atoms with Crippen LogP contribution in [0.5, 0.6) is 0 Å². The first-order chi connectivity index (χ1) is 7.07. The van der Waals surface area contributed by atoms with E-state index in [2.05, 4.69) is 36.9 Å². The SMILES string of the molecule is CC(C)(C)c1ccnc(-n2cccn2)c1. The average molecular weight is 201 g/mol. The first-order valence-corrected chi connectivity index (χ1v) is 5.04. The highest BCUT2D eigenvalue weighted by molar-refractivity contribution is 5.31. The van der Waals surface area contributed by atoms with Crippen LogP contribution in [-0.2, 0) is 5.41 Å². The summed E-state index contributed by atoms with van der Waals surface area (Å²) in [7, 11) is 0. The van der Waals surface area contributed by atoms with E-state index in [0.717, 1.165) is 5.82 Å². The van der Waals surface area contributed by atoms with E-state index in [1.54, 1.807) is 10.9 Å². The molecular weight excluding hydrogens is 186 g/mol. The average Bonchev–Trinajstić information content (AvgIpc) is 2.69. The van der Waals surface area contributed by atoms with Crippen LogP contribution in [0.15, 0.2) is 36.8 Å². The van der Waals surface area contributed by atoms with Crippen molar-refractivity contribution in [2.24, 2.45) is 0 Å². The maximum absolute atomic E-state index is 4.30. The van der Waals surface area contributed by atoms with Crippen molar-refractivity contribution in [2.75, 3.05) is 0 Å². The highest BCUT2D eigenvalue weighted by atomic mass is 15.3. The fourth-order valence-corrected chi connectivity index (χ4v) is 1.41. The molecule has 0 aliphatic rings. The molecule has 0 saturated heterocycles. The maximum atomic E-state index is 4.30. The molecule has 0 aliphatic carbocycles. The maximum Gasteiger partial charge on any atom is 0.153 e. The molecule has 0 radical (unpaired) electrons. The zero-order chi connectivity index (χ0) is 10.9. The first-order valence-electron chi connectivity index (χ1n) is 5.04. The molecule has 2 heterocycles. The Morgan fingerprint density at radius 1 is 1.20 bits per heavy atom. The molecule has 2 rings (SSSR count). The zero-order valence-corrected chi connectivity index (χ0v) is 9.31. The summed E-state index contributed by atoms with van der Waals surface area (Å²) in [6.07, 6.45) is 5.48. The molecule has 0 saturated carbocycles. The van der Waals surface area contributed by atoms with Crippen LogP contribution in [0, 0.1) is 0 Å². The molecule has 0 aromatic carbocycles. The van der Waals surface area contributed by atoms with Crippen LogP contribution in [0.2, 0.25) is 0 Å². The second-order valence-corrected chi connectivity index (χ2v) is 4.60. The standard InChI is InChI=1S/C12H15N3/c1-12(2,3)10-5-7-13-11(9-10)15-8-4-6-14-15/h4-9H,1-3H3. The Labute approximate surface area is 89.8 Å². The number of aromatic nitrogens is 3. The lowest BCUT2D eigenvalue weighted by atomic mass is 9.88. The second kappa shape index (κ2) is 3.50. The predicted molar refractivity (Wildman–Crippen MR) is 60.1 cm³/mol. The van der Waals surface area contributed by atoms with Crippen molar-refractivity contribution < 1.29 is 0 Å². The Kier molecular flexibility index (Phi) is 2.31. The summed E-state index contributed by atoms with van der Waals surface area (Å²) in [4.78, 5) is 4.30. The molecule has 2 aromatic rings. The van der Waals surface area contributed by atoms with Crippen molar-refractivity contribution in [3.63, 3.8) is 0 Å². The van der Waals surface area contributed by atoms with Crippen molar-refractivity contribution in [1.29, 1.82) is 0 Å². The molecular formula is C12H15N3. The molecule has 78 valence electrons. The molecule has 0 spiro atoms. The summed E-state index contributed by atoms with van der Waals surface area (Å²) >= 11 is 0. The molecule has 0 amide bonds. The number of pyridine rings is 1. The molecule has 0 fully saturated rings. The van der Waals surface area contributed by atoms with Gasteiger partial charge in [0.05, 0.1) is 0 Å². The van der Waals surface area contributed by atoms with Crippen molar-refractivity contribution in [3.8, 4) is 5.82 Å². The van der Waals surface area contributed by atoms with E-state index in [1.165, 1.54) is 5.56 Å². The van der Waals surface area contributed by atoms with Crippen LogP contribution in [0.25, 0.3) is 5.82 Å². The third-order valence-electron chi connectivity index (χ3n) is 2.35. The minimum Gasteiger partial charge on any atom is -0.237 e. The van der Waals surface area contributed by atoms with Crippen LogP contribution < -0.4 is 0 Å². The molecule has 15 heavy (non-hydrogen) atoms. The molecule has 3 heteroatoms. The summed E-state index contributed by atoms with van der Waals surface area (Å²) in [6, 6.07) is 6.02. The third kappa shape index (κ3) is 2.06. The van der Waals surface area contributed by atoms with Crippen molar-refractivity contribution in [1.82, 2.24) is 14.8 Å². The first kappa shape index (κ1) is 9.90. The third-order valence-corrected chi connectivity index (χ3v) is 2.35. The molecule has 0 unspecified atom stereocenters. The number of rotatable bonds is 1. The van der Waals surface area contributed by atoms with E-state index in [9.17, 15) is 0 Å². The van der Waals surface area contributed by atoms with Gasteiger partial charge in [-0.25, -0.2) is 9.67 Å². The lowest BCUT2D eigenvalue weighted by Gasteiger charge is -2.19. The number of hydrogen-bond donors (Lipinski definition) is 0. The monoisotopic (exact) mass is 201 g/mol. The van der Waals surface area contributed by atoms with Gasteiger partial charge in [0.2, 0.25) is 0 Å². The molecule has 2 aromatic heterocycles. The van der Waals surface area contributed by atoms with Crippen LogP contribution >= 0.6 is 0 Å². The Morgan fingerprint density at radius 2 is 2.00 bits per heavy atom. The van der Waals surface area contributed by atoms with Gasteiger partial charge < -0.3 is 0 Å². The van der Waals surface area contributed by atoms with Crippen molar-refractivity contribution in [3.05, 3.63) is 42.4 Å². The highest BCUT2D eigenvalue weighted by Gasteiger charge is 2.14. The van der Waals surface area contributed by atoms with Gasteiger partial charge in [-0.2, -0.15) is 5.10 Å². The predicted octanol–water partition coefficient (Wildman–Crippen LogP) is 2.56. The number of nitrogens with zero attached hydrogens (tertiary/aromatic N) is 3. The quantitative estimate of drug-likeness (QED) is 0.710. The minimum atomic E-state index is 0.144. The Balaban J connectivity index is 2.44. The lowest BCUT2D eigenvalue weighted by molar-refractivity contribution is 0.588. The molecule has 0 N–H and O–H groups in total. The van der Waals surface area contributed by atoms with E-state index >= 15 is 0 Å². The Morgan fingerprint density at radius 3 is 2.60 bits per heavy atom. The zero-order valence-electron chi connectivity index (χ0n) is 9.31. The highest BCUT2D eigenvalue weighted by Crippen LogP contribution is 2.22. The van der Waals surface area contributed by atoms with Gasteiger partial charge in [0, 0.05) is 18.6 Å². The normalized spacial score (nSPS) is 11.7. The van der Waals surface area contributed by atoms with Crippen LogP contribution in [-0.4, -0.2) is 14.8 Å². The number of hydrogen-bond acceptors (Lipinski definition) is 2. The van der Waals surface area contributed by atoms with Gasteiger partial charge in [-0.3, -0.25) is 0 Å². The fraction of sp³-hybridized carbons (Fsp3) is 0.333. The van der Waals surface area contributed by atoms with E-state index in [4.69, 9.17) is 0 Å². The topological polar surface area (TPSA) is 30.7 Å².